The summed E-state index contributed by atoms with van der Waals surface area (Å²) < 4.78 is 0. The minimum absolute atomic E-state index is 0.350. The van der Waals surface area contributed by atoms with Crippen LogP contribution in [0.15, 0.2) is 36.4 Å². The molecule has 5 nitrogen and oxygen atoms in total. The van der Waals surface area contributed by atoms with E-state index in [9.17, 15) is 4.79 Å². The quantitative estimate of drug-likeness (QED) is 0.836. The van der Waals surface area contributed by atoms with Gasteiger partial charge in [-0.15, -0.1) is 0 Å². The number of carbonyl (C=O) groups excluding carboxylic acids is 1. The van der Waals surface area contributed by atoms with E-state index in [4.69, 9.17) is 11.6 Å². The van der Waals surface area contributed by atoms with Gasteiger partial charge in [0.2, 0.25) is 0 Å². The van der Waals surface area contributed by atoms with Gasteiger partial charge in [-0.05, 0) is 57.6 Å². The van der Waals surface area contributed by atoms with Gasteiger partial charge in [0, 0.05) is 23.3 Å². The molecule has 2 aromatic rings. The summed E-state index contributed by atoms with van der Waals surface area (Å²) in [6.45, 7) is 6.89. The van der Waals surface area contributed by atoms with Gasteiger partial charge in [0.25, 0.3) is 0 Å². The molecule has 1 aromatic carbocycles. The van der Waals surface area contributed by atoms with E-state index in [0.29, 0.717) is 22.6 Å². The van der Waals surface area contributed by atoms with E-state index in [1.807, 2.05) is 38.2 Å². The van der Waals surface area contributed by atoms with Crippen molar-refractivity contribution in [2.75, 3.05) is 17.7 Å². The Labute approximate surface area is 148 Å². The molecule has 0 bridgehead atoms. The Kier molecular flexibility index (Phi) is 6.17. The van der Waals surface area contributed by atoms with Crippen LogP contribution < -0.4 is 10.6 Å². The molecule has 0 aliphatic rings. The largest absolute Gasteiger partial charge is 0.324 e. The molecular formula is C18H23ClN4O. The molecule has 2 rings (SSSR count). The molecule has 1 aromatic heterocycles. The average Bonchev–Trinajstić information content (AvgIpc) is 2.51. The van der Waals surface area contributed by atoms with Crippen LogP contribution in [0.3, 0.4) is 0 Å². The zero-order chi connectivity index (χ0) is 17.7. The maximum atomic E-state index is 12.1. The first kappa shape index (κ1) is 18.2. The zero-order valence-corrected chi connectivity index (χ0v) is 15.2. The summed E-state index contributed by atoms with van der Waals surface area (Å²) >= 11 is 6.06. The van der Waals surface area contributed by atoms with Gasteiger partial charge < -0.3 is 5.32 Å². The molecule has 0 saturated carbocycles. The van der Waals surface area contributed by atoms with Crippen LogP contribution in [0.2, 0.25) is 5.02 Å². The summed E-state index contributed by atoms with van der Waals surface area (Å²) in [5, 5.41) is 6.11. The van der Waals surface area contributed by atoms with Crippen molar-refractivity contribution in [3.63, 3.8) is 0 Å². The Morgan fingerprint density at radius 3 is 2.67 bits per heavy atom. The number of anilines is 2. The first-order valence-corrected chi connectivity index (χ1v) is 8.23. The molecule has 0 unspecified atom stereocenters. The molecule has 2 amide bonds. The molecule has 2 N–H and O–H groups in total. The second-order valence-corrected chi connectivity index (χ2v) is 6.47. The SMILES string of the molecule is Cc1ccc(NC(=O)Nc2cccc(CN(C)C(C)C)n2)cc1Cl. The molecule has 0 atom stereocenters. The lowest BCUT2D eigenvalue weighted by molar-refractivity contribution is 0.261. The van der Waals surface area contributed by atoms with Crippen molar-refractivity contribution in [1.82, 2.24) is 9.88 Å². The number of hydrogen-bond acceptors (Lipinski definition) is 3. The molecule has 0 radical (unpaired) electrons. The molecular weight excluding hydrogens is 324 g/mol. The van der Waals surface area contributed by atoms with E-state index in [1.54, 1.807) is 12.1 Å². The molecule has 6 heteroatoms. The third kappa shape index (κ3) is 5.22. The van der Waals surface area contributed by atoms with Gasteiger partial charge in [-0.3, -0.25) is 10.2 Å². The van der Waals surface area contributed by atoms with Gasteiger partial charge in [-0.25, -0.2) is 9.78 Å². The van der Waals surface area contributed by atoms with E-state index in [1.165, 1.54) is 0 Å². The van der Waals surface area contributed by atoms with Crippen molar-refractivity contribution < 1.29 is 4.79 Å². The Balaban J connectivity index is 1.99. The van der Waals surface area contributed by atoms with Crippen LogP contribution in [-0.4, -0.2) is 29.0 Å². The number of carbonyl (C=O) groups is 1. The fraction of sp³-hybridized carbons (Fsp3) is 0.333. The molecule has 0 fully saturated rings. The predicted octanol–water partition coefficient (Wildman–Crippen LogP) is 4.53. The van der Waals surface area contributed by atoms with Crippen molar-refractivity contribution >= 4 is 29.1 Å². The smallest absolute Gasteiger partial charge is 0.308 e. The summed E-state index contributed by atoms with van der Waals surface area (Å²) in [6.07, 6.45) is 0. The summed E-state index contributed by atoms with van der Waals surface area (Å²) in [4.78, 5) is 18.8. The summed E-state index contributed by atoms with van der Waals surface area (Å²) in [5.41, 5.74) is 2.51. The van der Waals surface area contributed by atoms with E-state index >= 15 is 0 Å². The normalized spacial score (nSPS) is 11.0. The summed E-state index contributed by atoms with van der Waals surface area (Å²) in [7, 11) is 2.04. The maximum Gasteiger partial charge on any atom is 0.324 e. The Hall–Kier alpha value is -2.11. The van der Waals surface area contributed by atoms with E-state index < -0.39 is 0 Å². The van der Waals surface area contributed by atoms with Crippen molar-refractivity contribution in [3.8, 4) is 0 Å². The van der Waals surface area contributed by atoms with Gasteiger partial charge in [-0.1, -0.05) is 23.7 Å². The van der Waals surface area contributed by atoms with Crippen molar-refractivity contribution in [3.05, 3.63) is 52.7 Å². The highest BCUT2D eigenvalue weighted by atomic mass is 35.5. The number of benzene rings is 1. The Bertz CT molecular complexity index is 718. The molecule has 0 aliphatic carbocycles. The molecule has 0 aliphatic heterocycles. The lowest BCUT2D eigenvalue weighted by atomic mass is 10.2. The minimum Gasteiger partial charge on any atom is -0.308 e. The highest BCUT2D eigenvalue weighted by Gasteiger charge is 2.08. The lowest BCUT2D eigenvalue weighted by Crippen LogP contribution is -2.26. The standard InChI is InChI=1S/C18H23ClN4O/c1-12(2)23(4)11-15-6-5-7-17(20-15)22-18(24)21-14-9-8-13(3)16(19)10-14/h5-10,12H,11H2,1-4H3,(H2,20,21,22,24). The predicted molar refractivity (Wildman–Crippen MR) is 99.7 cm³/mol. The molecule has 24 heavy (non-hydrogen) atoms. The number of aromatic nitrogens is 1. The third-order valence-electron chi connectivity index (χ3n) is 3.77. The van der Waals surface area contributed by atoms with Crippen LogP contribution in [0, 0.1) is 6.92 Å². The maximum absolute atomic E-state index is 12.1. The van der Waals surface area contributed by atoms with Crippen LogP contribution in [0.4, 0.5) is 16.3 Å². The number of hydrogen-bond donors (Lipinski definition) is 2. The van der Waals surface area contributed by atoms with Gasteiger partial charge in [-0.2, -0.15) is 0 Å². The van der Waals surface area contributed by atoms with E-state index in [0.717, 1.165) is 17.8 Å². The number of nitrogens with zero attached hydrogens (tertiary/aromatic N) is 2. The highest BCUT2D eigenvalue weighted by molar-refractivity contribution is 6.31. The molecule has 128 valence electrons. The number of halogens is 1. The fourth-order valence-corrected chi connectivity index (χ4v) is 2.21. The van der Waals surface area contributed by atoms with E-state index in [-0.39, 0.29) is 6.03 Å². The van der Waals surface area contributed by atoms with Crippen LogP contribution in [0.5, 0.6) is 0 Å². The Morgan fingerprint density at radius 2 is 2.00 bits per heavy atom. The van der Waals surface area contributed by atoms with Crippen molar-refractivity contribution in [2.24, 2.45) is 0 Å². The van der Waals surface area contributed by atoms with E-state index in [2.05, 4.69) is 34.4 Å². The van der Waals surface area contributed by atoms with Gasteiger partial charge in [0.05, 0.1) is 5.69 Å². The summed E-state index contributed by atoms with van der Waals surface area (Å²) in [5.74, 6) is 0.514. The molecule has 0 spiro atoms. The first-order valence-electron chi connectivity index (χ1n) is 7.85. The highest BCUT2D eigenvalue weighted by Crippen LogP contribution is 2.20. The van der Waals surface area contributed by atoms with Crippen LogP contribution in [0.1, 0.15) is 25.1 Å². The third-order valence-corrected chi connectivity index (χ3v) is 4.18. The second-order valence-electron chi connectivity index (χ2n) is 6.07. The number of rotatable bonds is 5. The number of aryl methyl sites for hydroxylation is 1. The second kappa shape index (κ2) is 8.13. The number of urea groups is 1. The van der Waals surface area contributed by atoms with Gasteiger partial charge >= 0.3 is 6.03 Å². The van der Waals surface area contributed by atoms with Crippen LogP contribution >= 0.6 is 11.6 Å². The average molecular weight is 347 g/mol. The van der Waals surface area contributed by atoms with Crippen molar-refractivity contribution in [2.45, 2.75) is 33.4 Å². The van der Waals surface area contributed by atoms with Gasteiger partial charge in [0.1, 0.15) is 5.82 Å². The van der Waals surface area contributed by atoms with Crippen molar-refractivity contribution in [1.29, 1.82) is 0 Å². The monoisotopic (exact) mass is 346 g/mol. The number of nitrogens with one attached hydrogen (secondary N) is 2. The minimum atomic E-state index is -0.350. The van der Waals surface area contributed by atoms with Gasteiger partial charge in [0.15, 0.2) is 0 Å². The topological polar surface area (TPSA) is 57.3 Å². The first-order chi connectivity index (χ1) is 11.3. The van der Waals surface area contributed by atoms with Crippen LogP contribution in [-0.2, 0) is 6.54 Å². The van der Waals surface area contributed by atoms with Crippen LogP contribution in [0.25, 0.3) is 0 Å². The molecule has 0 saturated heterocycles. The Morgan fingerprint density at radius 1 is 1.25 bits per heavy atom. The zero-order valence-electron chi connectivity index (χ0n) is 14.4. The number of pyridine rings is 1. The lowest BCUT2D eigenvalue weighted by Gasteiger charge is -2.20. The molecule has 1 heterocycles. The number of amides is 2. The fourth-order valence-electron chi connectivity index (χ4n) is 2.02. The summed E-state index contributed by atoms with van der Waals surface area (Å²) in [6, 6.07) is 11.1.